The first-order chi connectivity index (χ1) is 25.1. The SMILES string of the molecule is C[C@H](NC(=O)OCc1ccccc1)C(=O)N[C@@H](Cc1ccccc1)C(=O)N[C@@H](C)C(=O)N[C@@H](CSCC1c2ccccc2-c2ccccc21)C(=O)O. The highest BCUT2D eigenvalue weighted by molar-refractivity contribution is 7.99. The smallest absolute Gasteiger partial charge is 0.408 e. The standard InChI is InChI=1S/C40H42N4O7S/c1-25(36(45)44-35(39(48)49)24-52-23-33-31-19-11-9-17-29(31)30-18-10-12-20-32(30)33)41-38(47)34(21-27-13-5-3-6-14-27)43-37(46)26(2)42-40(50)51-22-28-15-7-4-8-16-28/h3-20,25-26,33-35H,21-24H2,1-2H3,(H,41,47)(H,42,50)(H,43,46)(H,44,45)(H,48,49)/t25-,26-,34-,35-/m0/s1. The van der Waals surface area contributed by atoms with Crippen LogP contribution in [-0.4, -0.2) is 70.6 Å². The number of carbonyl (C=O) groups excluding carboxylic acids is 4. The Morgan fingerprint density at radius 1 is 0.635 bits per heavy atom. The highest BCUT2D eigenvalue weighted by atomic mass is 32.2. The monoisotopic (exact) mass is 722 g/mol. The molecular weight excluding hydrogens is 681 g/mol. The highest BCUT2D eigenvalue weighted by Crippen LogP contribution is 2.45. The first-order valence-corrected chi connectivity index (χ1v) is 18.2. The molecule has 5 rings (SSSR count). The Bertz CT molecular complexity index is 1830. The molecule has 52 heavy (non-hydrogen) atoms. The van der Waals surface area contributed by atoms with Gasteiger partial charge in [-0.05, 0) is 47.2 Å². The fourth-order valence-corrected chi connectivity index (χ4v) is 7.15. The van der Waals surface area contributed by atoms with Gasteiger partial charge in [0.25, 0.3) is 0 Å². The Morgan fingerprint density at radius 3 is 1.71 bits per heavy atom. The van der Waals surface area contributed by atoms with E-state index in [1.807, 2.05) is 48.5 Å². The molecule has 0 saturated carbocycles. The van der Waals surface area contributed by atoms with E-state index in [4.69, 9.17) is 4.74 Å². The summed E-state index contributed by atoms with van der Waals surface area (Å²) in [7, 11) is 0. The van der Waals surface area contributed by atoms with Crippen molar-refractivity contribution in [3.8, 4) is 11.1 Å². The van der Waals surface area contributed by atoms with Crippen molar-refractivity contribution in [3.05, 3.63) is 131 Å². The third-order valence-electron chi connectivity index (χ3n) is 8.75. The molecule has 0 heterocycles. The normalized spacial score (nSPS) is 14.0. The van der Waals surface area contributed by atoms with Crippen LogP contribution >= 0.6 is 11.8 Å². The van der Waals surface area contributed by atoms with Crippen molar-refractivity contribution in [2.45, 2.75) is 57.0 Å². The number of alkyl carbamates (subject to hydrolysis) is 1. The average molecular weight is 723 g/mol. The fraction of sp³-hybridized carbons (Fsp3) is 0.275. The van der Waals surface area contributed by atoms with Gasteiger partial charge in [0.15, 0.2) is 0 Å². The van der Waals surface area contributed by atoms with Gasteiger partial charge >= 0.3 is 12.1 Å². The molecule has 0 aliphatic heterocycles. The van der Waals surface area contributed by atoms with Crippen LogP contribution in [0, 0.1) is 0 Å². The summed E-state index contributed by atoms with van der Waals surface area (Å²) in [4.78, 5) is 64.4. The van der Waals surface area contributed by atoms with E-state index in [0.29, 0.717) is 5.75 Å². The van der Waals surface area contributed by atoms with Crippen molar-refractivity contribution in [2.75, 3.05) is 11.5 Å². The van der Waals surface area contributed by atoms with Crippen LogP contribution in [0.25, 0.3) is 11.1 Å². The van der Waals surface area contributed by atoms with E-state index in [2.05, 4.69) is 45.5 Å². The second kappa shape index (κ2) is 18.0. The lowest BCUT2D eigenvalue weighted by atomic mass is 9.99. The lowest BCUT2D eigenvalue weighted by Crippen LogP contribution is -2.57. The van der Waals surface area contributed by atoms with Gasteiger partial charge in [-0.1, -0.05) is 109 Å². The van der Waals surface area contributed by atoms with Crippen LogP contribution in [0.2, 0.25) is 0 Å². The number of carboxylic acid groups (broad SMARTS) is 1. The molecule has 0 aromatic heterocycles. The predicted molar refractivity (Wildman–Crippen MR) is 200 cm³/mol. The van der Waals surface area contributed by atoms with E-state index in [1.54, 1.807) is 36.4 Å². The lowest BCUT2D eigenvalue weighted by molar-refractivity contribution is -0.141. The number of carbonyl (C=O) groups is 5. The fourth-order valence-electron chi connectivity index (χ4n) is 5.96. The number of aliphatic carboxylic acids is 1. The summed E-state index contributed by atoms with van der Waals surface area (Å²) in [6, 6.07) is 30.0. The second-order valence-corrected chi connectivity index (χ2v) is 13.6. The highest BCUT2D eigenvalue weighted by Gasteiger charge is 2.31. The minimum atomic E-state index is -1.20. The minimum Gasteiger partial charge on any atom is -0.480 e. The summed E-state index contributed by atoms with van der Waals surface area (Å²) in [5.74, 6) is -2.33. The van der Waals surface area contributed by atoms with Crippen LogP contribution < -0.4 is 21.3 Å². The number of fused-ring (bicyclic) bond motifs is 3. The molecule has 0 unspecified atom stereocenters. The molecule has 0 radical (unpaired) electrons. The molecule has 4 atom stereocenters. The zero-order valence-corrected chi connectivity index (χ0v) is 29.7. The summed E-state index contributed by atoms with van der Waals surface area (Å²) in [5.41, 5.74) is 6.25. The topological polar surface area (TPSA) is 163 Å². The van der Waals surface area contributed by atoms with Gasteiger partial charge in [-0.15, -0.1) is 0 Å². The number of amides is 4. The Hall–Kier alpha value is -5.62. The summed E-state index contributed by atoms with van der Waals surface area (Å²) in [6.07, 6.45) is -0.704. The van der Waals surface area contributed by atoms with Crippen LogP contribution in [0.4, 0.5) is 4.79 Å². The Morgan fingerprint density at radius 2 is 1.13 bits per heavy atom. The van der Waals surface area contributed by atoms with Crippen molar-refractivity contribution >= 4 is 41.5 Å². The van der Waals surface area contributed by atoms with Gasteiger partial charge in [-0.3, -0.25) is 14.4 Å². The molecule has 1 aliphatic rings. The van der Waals surface area contributed by atoms with Crippen molar-refractivity contribution in [3.63, 3.8) is 0 Å². The van der Waals surface area contributed by atoms with Gasteiger partial charge < -0.3 is 31.1 Å². The predicted octanol–water partition coefficient (Wildman–Crippen LogP) is 4.65. The van der Waals surface area contributed by atoms with Gasteiger partial charge in [0.05, 0.1) is 0 Å². The van der Waals surface area contributed by atoms with Crippen LogP contribution in [0.15, 0.2) is 109 Å². The molecule has 1 aliphatic carbocycles. The first-order valence-electron chi connectivity index (χ1n) is 17.0. The number of ether oxygens (including phenoxy) is 1. The number of hydrogen-bond acceptors (Lipinski definition) is 7. The summed E-state index contributed by atoms with van der Waals surface area (Å²) < 4.78 is 5.21. The van der Waals surface area contributed by atoms with Gasteiger partial charge in [-0.25, -0.2) is 9.59 Å². The van der Waals surface area contributed by atoms with Crippen molar-refractivity contribution in [2.24, 2.45) is 0 Å². The maximum absolute atomic E-state index is 13.5. The van der Waals surface area contributed by atoms with Crippen molar-refractivity contribution < 1.29 is 33.8 Å². The quantitative estimate of drug-likeness (QED) is 0.112. The van der Waals surface area contributed by atoms with E-state index in [9.17, 15) is 29.1 Å². The molecule has 12 heteroatoms. The van der Waals surface area contributed by atoms with E-state index >= 15 is 0 Å². The zero-order chi connectivity index (χ0) is 37.0. The maximum atomic E-state index is 13.5. The van der Waals surface area contributed by atoms with Crippen LogP contribution in [-0.2, 0) is 36.9 Å². The second-order valence-electron chi connectivity index (χ2n) is 12.6. The van der Waals surface area contributed by atoms with E-state index in [1.165, 1.54) is 47.9 Å². The number of hydrogen-bond donors (Lipinski definition) is 5. The summed E-state index contributed by atoms with van der Waals surface area (Å²) >= 11 is 1.43. The Kier molecular flexibility index (Phi) is 13.1. The average Bonchev–Trinajstić information content (AvgIpc) is 3.47. The molecule has 4 amide bonds. The van der Waals surface area contributed by atoms with E-state index < -0.39 is 54.0 Å². The number of thioether (sulfide) groups is 1. The Labute approximate surface area is 306 Å². The van der Waals surface area contributed by atoms with Gasteiger partial charge in [-0.2, -0.15) is 11.8 Å². The summed E-state index contributed by atoms with van der Waals surface area (Å²) in [5, 5.41) is 20.3. The molecule has 270 valence electrons. The van der Waals surface area contributed by atoms with Gasteiger partial charge in [0, 0.05) is 23.8 Å². The third-order valence-corrected chi connectivity index (χ3v) is 9.89. The maximum Gasteiger partial charge on any atom is 0.408 e. The molecule has 0 fully saturated rings. The van der Waals surface area contributed by atoms with Gasteiger partial charge in [0.2, 0.25) is 17.7 Å². The third kappa shape index (κ3) is 10.0. The zero-order valence-electron chi connectivity index (χ0n) is 28.9. The molecule has 0 bridgehead atoms. The molecular formula is C40H42N4O7S. The lowest BCUT2D eigenvalue weighted by Gasteiger charge is -2.24. The van der Waals surface area contributed by atoms with E-state index in [-0.39, 0.29) is 24.7 Å². The van der Waals surface area contributed by atoms with E-state index in [0.717, 1.165) is 11.1 Å². The number of carboxylic acids is 1. The van der Waals surface area contributed by atoms with Gasteiger partial charge in [0.1, 0.15) is 30.8 Å². The molecule has 4 aromatic rings. The molecule has 5 N–H and O–H groups in total. The molecule has 0 saturated heterocycles. The largest absolute Gasteiger partial charge is 0.480 e. The first kappa shape index (κ1) is 37.6. The molecule has 11 nitrogen and oxygen atoms in total. The Balaban J connectivity index is 1.15. The van der Waals surface area contributed by atoms with Crippen molar-refractivity contribution in [1.82, 2.24) is 21.3 Å². The summed E-state index contributed by atoms with van der Waals surface area (Å²) in [6.45, 7) is 2.92. The minimum absolute atomic E-state index is 0.0188. The van der Waals surface area contributed by atoms with Crippen LogP contribution in [0.1, 0.15) is 42.0 Å². The van der Waals surface area contributed by atoms with Crippen LogP contribution in [0.5, 0.6) is 0 Å². The number of rotatable bonds is 16. The molecule has 0 spiro atoms. The number of nitrogens with one attached hydrogen (secondary N) is 4. The van der Waals surface area contributed by atoms with Crippen LogP contribution in [0.3, 0.4) is 0 Å². The molecule has 4 aromatic carbocycles. The number of benzene rings is 4. The van der Waals surface area contributed by atoms with Crippen molar-refractivity contribution in [1.29, 1.82) is 0 Å².